The van der Waals surface area contributed by atoms with Gasteiger partial charge in [0.25, 0.3) is 0 Å². The van der Waals surface area contributed by atoms with Crippen molar-refractivity contribution >= 4 is 5.78 Å². The molecule has 1 saturated heterocycles. The maximum Gasteiger partial charge on any atom is 0.138 e. The van der Waals surface area contributed by atoms with E-state index in [0.717, 1.165) is 44.1 Å². The second kappa shape index (κ2) is 5.31. The molecule has 1 heterocycles. The highest BCUT2D eigenvalue weighted by molar-refractivity contribution is 5.81. The van der Waals surface area contributed by atoms with Crippen LogP contribution in [0.5, 0.6) is 0 Å². The lowest BCUT2D eigenvalue weighted by Crippen LogP contribution is -2.28. The fourth-order valence-corrected chi connectivity index (χ4v) is 3.41. The van der Waals surface area contributed by atoms with Crippen LogP contribution < -0.4 is 0 Å². The van der Waals surface area contributed by atoms with Gasteiger partial charge in [-0.3, -0.25) is 4.79 Å². The number of Topliss-reactive ketones (excluding diaryl/α,β-unsaturated/α-hetero) is 1. The quantitative estimate of drug-likeness (QED) is 0.736. The number of hydrogen-bond donors (Lipinski definition) is 0. The first-order valence-electron chi connectivity index (χ1n) is 6.79. The van der Waals surface area contributed by atoms with Crippen molar-refractivity contribution in [1.82, 2.24) is 0 Å². The minimum Gasteiger partial charge on any atom is -0.378 e. The third-order valence-electron chi connectivity index (χ3n) is 4.09. The van der Waals surface area contributed by atoms with Gasteiger partial charge in [-0.2, -0.15) is 0 Å². The van der Waals surface area contributed by atoms with Crippen molar-refractivity contribution < 1.29 is 9.53 Å². The van der Waals surface area contributed by atoms with Gasteiger partial charge in [0.2, 0.25) is 0 Å². The van der Waals surface area contributed by atoms with Gasteiger partial charge in [-0.15, -0.1) is 0 Å². The number of carbonyl (C=O) groups is 1. The molecule has 1 saturated carbocycles. The molecule has 0 spiro atoms. The molecule has 2 heteroatoms. The summed E-state index contributed by atoms with van der Waals surface area (Å²) in [5.41, 5.74) is 0. The molecule has 3 unspecified atom stereocenters. The number of ketones is 1. The zero-order valence-electron chi connectivity index (χ0n) is 10.6. The molecule has 2 aliphatic rings. The molecule has 2 nitrogen and oxygen atoms in total. The average molecular weight is 224 g/mol. The lowest BCUT2D eigenvalue weighted by atomic mass is 9.74. The van der Waals surface area contributed by atoms with Gasteiger partial charge in [-0.1, -0.05) is 13.8 Å². The van der Waals surface area contributed by atoms with E-state index in [1.807, 2.05) is 0 Å². The minimum atomic E-state index is 0.236. The summed E-state index contributed by atoms with van der Waals surface area (Å²) in [5.74, 6) is 2.23. The lowest BCUT2D eigenvalue weighted by Gasteiger charge is -2.31. The summed E-state index contributed by atoms with van der Waals surface area (Å²) in [6.07, 6.45) is 6.64. The standard InChI is InChI=1S/C14H24O2/c1-10-6-11(2)8-12(7-10)14(15)9-13-4-3-5-16-13/h10-13H,3-9H2,1-2H3. The highest BCUT2D eigenvalue weighted by Gasteiger charge is 2.30. The van der Waals surface area contributed by atoms with E-state index in [1.54, 1.807) is 0 Å². The molecule has 2 rings (SSSR count). The number of carbonyl (C=O) groups excluding carboxylic acids is 1. The first kappa shape index (κ1) is 12.1. The summed E-state index contributed by atoms with van der Waals surface area (Å²) < 4.78 is 5.55. The summed E-state index contributed by atoms with van der Waals surface area (Å²) in [4.78, 5) is 12.2. The van der Waals surface area contributed by atoms with E-state index in [0.29, 0.717) is 18.1 Å². The van der Waals surface area contributed by atoms with Gasteiger partial charge in [-0.05, 0) is 43.9 Å². The zero-order valence-corrected chi connectivity index (χ0v) is 10.6. The van der Waals surface area contributed by atoms with Crippen molar-refractivity contribution in [3.8, 4) is 0 Å². The Labute approximate surface area is 98.7 Å². The van der Waals surface area contributed by atoms with Crippen LogP contribution in [0, 0.1) is 17.8 Å². The molecule has 0 bridgehead atoms. The van der Waals surface area contributed by atoms with Gasteiger partial charge in [0.1, 0.15) is 5.78 Å². The van der Waals surface area contributed by atoms with Crippen LogP contribution >= 0.6 is 0 Å². The molecule has 0 aromatic heterocycles. The Balaban J connectivity index is 1.83. The van der Waals surface area contributed by atoms with E-state index >= 15 is 0 Å². The Hall–Kier alpha value is -0.370. The highest BCUT2D eigenvalue weighted by atomic mass is 16.5. The summed E-state index contributed by atoms with van der Waals surface area (Å²) in [7, 11) is 0. The molecular formula is C14H24O2. The average Bonchev–Trinajstić information content (AvgIpc) is 2.68. The van der Waals surface area contributed by atoms with Crippen LogP contribution in [0.1, 0.15) is 52.4 Å². The van der Waals surface area contributed by atoms with Gasteiger partial charge >= 0.3 is 0 Å². The summed E-state index contributed by atoms with van der Waals surface area (Å²) in [5, 5.41) is 0. The monoisotopic (exact) mass is 224 g/mol. The third-order valence-corrected chi connectivity index (χ3v) is 4.09. The first-order valence-corrected chi connectivity index (χ1v) is 6.79. The largest absolute Gasteiger partial charge is 0.378 e. The summed E-state index contributed by atoms with van der Waals surface area (Å²) in [6, 6.07) is 0. The molecule has 0 aromatic carbocycles. The molecular weight excluding hydrogens is 200 g/mol. The smallest absolute Gasteiger partial charge is 0.138 e. The van der Waals surface area contributed by atoms with Crippen molar-refractivity contribution in [2.75, 3.05) is 6.61 Å². The van der Waals surface area contributed by atoms with Crippen LogP contribution in [-0.2, 0) is 9.53 Å². The van der Waals surface area contributed by atoms with Gasteiger partial charge in [-0.25, -0.2) is 0 Å². The molecule has 1 aliphatic carbocycles. The van der Waals surface area contributed by atoms with Crippen molar-refractivity contribution in [2.45, 2.75) is 58.5 Å². The Bertz CT molecular complexity index is 233. The minimum absolute atomic E-state index is 0.236. The third kappa shape index (κ3) is 3.07. The van der Waals surface area contributed by atoms with Crippen LogP contribution in [0.2, 0.25) is 0 Å². The second-order valence-electron chi connectivity index (χ2n) is 5.92. The van der Waals surface area contributed by atoms with E-state index < -0.39 is 0 Å². The van der Waals surface area contributed by atoms with Crippen LogP contribution in [0.25, 0.3) is 0 Å². The molecule has 1 aliphatic heterocycles. The summed E-state index contributed by atoms with van der Waals surface area (Å²) in [6.45, 7) is 5.42. The number of rotatable bonds is 3. The molecule has 16 heavy (non-hydrogen) atoms. The maximum absolute atomic E-state index is 12.2. The fraction of sp³-hybridized carbons (Fsp3) is 0.929. The highest BCUT2D eigenvalue weighted by Crippen LogP contribution is 2.34. The predicted octanol–water partition coefficient (Wildman–Crippen LogP) is 3.20. The van der Waals surface area contributed by atoms with E-state index in [9.17, 15) is 4.79 Å². The van der Waals surface area contributed by atoms with Crippen molar-refractivity contribution in [3.63, 3.8) is 0 Å². The van der Waals surface area contributed by atoms with E-state index in [-0.39, 0.29) is 6.10 Å². The van der Waals surface area contributed by atoms with Crippen LogP contribution in [-0.4, -0.2) is 18.5 Å². The summed E-state index contributed by atoms with van der Waals surface area (Å²) >= 11 is 0. The molecule has 0 radical (unpaired) electrons. The van der Waals surface area contributed by atoms with E-state index in [2.05, 4.69) is 13.8 Å². The van der Waals surface area contributed by atoms with Crippen molar-refractivity contribution in [2.24, 2.45) is 17.8 Å². The topological polar surface area (TPSA) is 26.3 Å². The maximum atomic E-state index is 12.2. The molecule has 2 fully saturated rings. The molecule has 3 atom stereocenters. The number of ether oxygens (including phenoxy) is 1. The predicted molar refractivity (Wildman–Crippen MR) is 64.3 cm³/mol. The van der Waals surface area contributed by atoms with E-state index in [4.69, 9.17) is 4.74 Å². The SMILES string of the molecule is CC1CC(C)CC(C(=O)CC2CCCO2)C1. The van der Waals surface area contributed by atoms with Crippen molar-refractivity contribution in [3.05, 3.63) is 0 Å². The van der Waals surface area contributed by atoms with Crippen LogP contribution in [0.3, 0.4) is 0 Å². The Morgan fingerprint density at radius 2 is 1.88 bits per heavy atom. The Kier molecular flexibility index (Phi) is 4.01. The molecule has 92 valence electrons. The lowest BCUT2D eigenvalue weighted by molar-refractivity contribution is -0.127. The van der Waals surface area contributed by atoms with Gasteiger partial charge < -0.3 is 4.74 Å². The Morgan fingerprint density at radius 3 is 2.44 bits per heavy atom. The molecule has 0 amide bonds. The van der Waals surface area contributed by atoms with Gasteiger partial charge in [0.15, 0.2) is 0 Å². The molecule has 0 aromatic rings. The van der Waals surface area contributed by atoms with Crippen LogP contribution in [0.4, 0.5) is 0 Å². The Morgan fingerprint density at radius 1 is 1.19 bits per heavy atom. The fourth-order valence-electron chi connectivity index (χ4n) is 3.41. The second-order valence-corrected chi connectivity index (χ2v) is 5.92. The van der Waals surface area contributed by atoms with Gasteiger partial charge in [0.05, 0.1) is 6.10 Å². The molecule has 0 N–H and O–H groups in total. The zero-order chi connectivity index (χ0) is 11.5. The van der Waals surface area contributed by atoms with Crippen molar-refractivity contribution in [1.29, 1.82) is 0 Å². The number of hydrogen-bond acceptors (Lipinski definition) is 2. The first-order chi connectivity index (χ1) is 7.65. The van der Waals surface area contributed by atoms with Crippen LogP contribution in [0.15, 0.2) is 0 Å². The van der Waals surface area contributed by atoms with E-state index in [1.165, 1.54) is 6.42 Å². The van der Waals surface area contributed by atoms with Gasteiger partial charge in [0, 0.05) is 18.9 Å². The normalized spacial score (nSPS) is 39.9.